The number of nitrogens with two attached hydrogens (primary N) is 1. The second kappa shape index (κ2) is 7.43. The third kappa shape index (κ3) is 3.96. The Balaban J connectivity index is 2.02. The molecular formula is C15H20BrClN2O. The fraction of sp³-hybridized carbons (Fsp3) is 0.533. The standard InChI is InChI=1S/C15H20BrClN2O/c16-12-7-6-11(8-13(12)17)15(20)19-14(9-18)10-4-2-1-3-5-10/h6-8,10,14H,1-5,9,18H2,(H,19,20). The van der Waals surface area contributed by atoms with Crippen LogP contribution in [0.2, 0.25) is 5.02 Å². The summed E-state index contributed by atoms with van der Waals surface area (Å²) in [5.41, 5.74) is 6.41. The van der Waals surface area contributed by atoms with Crippen molar-refractivity contribution in [1.29, 1.82) is 0 Å². The monoisotopic (exact) mass is 358 g/mol. The minimum absolute atomic E-state index is 0.0604. The van der Waals surface area contributed by atoms with Gasteiger partial charge in [-0.05, 0) is 52.9 Å². The molecule has 0 bridgehead atoms. The van der Waals surface area contributed by atoms with E-state index in [9.17, 15) is 4.79 Å². The fourth-order valence-electron chi connectivity index (χ4n) is 2.79. The van der Waals surface area contributed by atoms with E-state index >= 15 is 0 Å². The number of nitrogens with one attached hydrogen (secondary N) is 1. The van der Waals surface area contributed by atoms with Gasteiger partial charge in [-0.15, -0.1) is 0 Å². The second-order valence-corrected chi connectivity index (χ2v) is 6.60. The summed E-state index contributed by atoms with van der Waals surface area (Å²) in [6.07, 6.45) is 6.08. The van der Waals surface area contributed by atoms with Crippen molar-refractivity contribution in [3.63, 3.8) is 0 Å². The Bertz CT molecular complexity index is 475. The van der Waals surface area contributed by atoms with Crippen molar-refractivity contribution in [3.05, 3.63) is 33.3 Å². The lowest BCUT2D eigenvalue weighted by Gasteiger charge is -2.30. The van der Waals surface area contributed by atoms with Gasteiger partial charge in [-0.1, -0.05) is 30.9 Å². The highest BCUT2D eigenvalue weighted by Gasteiger charge is 2.24. The zero-order chi connectivity index (χ0) is 14.5. The molecule has 3 nitrogen and oxygen atoms in total. The summed E-state index contributed by atoms with van der Waals surface area (Å²) in [4.78, 5) is 12.3. The van der Waals surface area contributed by atoms with Gasteiger partial charge in [0.1, 0.15) is 0 Å². The predicted octanol–water partition coefficient (Wildman–Crippen LogP) is 3.74. The van der Waals surface area contributed by atoms with Gasteiger partial charge in [0, 0.05) is 22.6 Å². The van der Waals surface area contributed by atoms with Crippen LogP contribution in [-0.2, 0) is 0 Å². The lowest BCUT2D eigenvalue weighted by Crippen LogP contribution is -2.45. The van der Waals surface area contributed by atoms with E-state index in [1.54, 1.807) is 18.2 Å². The molecule has 0 radical (unpaired) electrons. The summed E-state index contributed by atoms with van der Waals surface area (Å²) in [7, 11) is 0. The number of halogens is 2. The van der Waals surface area contributed by atoms with Crippen molar-refractivity contribution in [3.8, 4) is 0 Å². The first-order valence-corrected chi connectivity index (χ1v) is 8.25. The summed E-state index contributed by atoms with van der Waals surface area (Å²) in [6.45, 7) is 0.487. The third-order valence-electron chi connectivity index (χ3n) is 3.97. The van der Waals surface area contributed by atoms with Crippen molar-refractivity contribution in [2.24, 2.45) is 11.7 Å². The molecule has 0 saturated heterocycles. The number of rotatable bonds is 4. The van der Waals surface area contributed by atoms with E-state index in [-0.39, 0.29) is 11.9 Å². The molecule has 0 spiro atoms. The smallest absolute Gasteiger partial charge is 0.251 e. The van der Waals surface area contributed by atoms with Crippen LogP contribution in [0.1, 0.15) is 42.5 Å². The maximum Gasteiger partial charge on any atom is 0.251 e. The van der Waals surface area contributed by atoms with Gasteiger partial charge in [0.15, 0.2) is 0 Å². The van der Waals surface area contributed by atoms with Crippen molar-refractivity contribution >= 4 is 33.4 Å². The SMILES string of the molecule is NCC(NC(=O)c1ccc(Br)c(Cl)c1)C1CCCCC1. The molecule has 1 aliphatic carbocycles. The van der Waals surface area contributed by atoms with Crippen LogP contribution in [0, 0.1) is 5.92 Å². The van der Waals surface area contributed by atoms with E-state index in [1.165, 1.54) is 19.3 Å². The average Bonchev–Trinajstić information content (AvgIpc) is 2.48. The average molecular weight is 360 g/mol. The van der Waals surface area contributed by atoms with Crippen LogP contribution in [0.4, 0.5) is 0 Å². The molecule has 0 heterocycles. The largest absolute Gasteiger partial charge is 0.348 e. The van der Waals surface area contributed by atoms with E-state index in [0.717, 1.165) is 17.3 Å². The van der Waals surface area contributed by atoms with Crippen LogP contribution in [0.25, 0.3) is 0 Å². The molecule has 1 aliphatic rings. The van der Waals surface area contributed by atoms with Crippen molar-refractivity contribution in [2.75, 3.05) is 6.54 Å². The van der Waals surface area contributed by atoms with Crippen molar-refractivity contribution < 1.29 is 4.79 Å². The number of hydrogen-bond acceptors (Lipinski definition) is 2. The van der Waals surface area contributed by atoms with Gasteiger partial charge in [0.2, 0.25) is 0 Å². The van der Waals surface area contributed by atoms with Gasteiger partial charge in [0.25, 0.3) is 5.91 Å². The molecule has 20 heavy (non-hydrogen) atoms. The molecule has 1 aromatic carbocycles. The van der Waals surface area contributed by atoms with Gasteiger partial charge < -0.3 is 11.1 Å². The Kier molecular flexibility index (Phi) is 5.87. The van der Waals surface area contributed by atoms with Crippen LogP contribution < -0.4 is 11.1 Å². The molecule has 1 amide bonds. The topological polar surface area (TPSA) is 55.1 Å². The zero-order valence-electron chi connectivity index (χ0n) is 11.4. The maximum absolute atomic E-state index is 12.3. The quantitative estimate of drug-likeness (QED) is 0.860. The molecule has 1 fully saturated rings. The molecule has 110 valence electrons. The molecule has 1 unspecified atom stereocenters. The van der Waals surface area contributed by atoms with E-state index in [2.05, 4.69) is 21.2 Å². The Morgan fingerprint density at radius 3 is 2.70 bits per heavy atom. The molecule has 3 N–H and O–H groups in total. The molecule has 0 aliphatic heterocycles. The van der Waals surface area contributed by atoms with Crippen molar-refractivity contribution in [2.45, 2.75) is 38.1 Å². The number of carbonyl (C=O) groups excluding carboxylic acids is 1. The van der Waals surface area contributed by atoms with Crippen LogP contribution in [0.5, 0.6) is 0 Å². The molecular weight excluding hydrogens is 340 g/mol. The fourth-order valence-corrected chi connectivity index (χ4v) is 3.22. The molecule has 0 aromatic heterocycles. The summed E-state index contributed by atoms with van der Waals surface area (Å²) >= 11 is 9.35. The third-order valence-corrected chi connectivity index (χ3v) is 5.20. The highest BCUT2D eigenvalue weighted by atomic mass is 79.9. The molecule has 1 atom stereocenters. The van der Waals surface area contributed by atoms with E-state index < -0.39 is 0 Å². The summed E-state index contributed by atoms with van der Waals surface area (Å²) in [6, 6.07) is 5.29. The van der Waals surface area contributed by atoms with Crippen LogP contribution in [0.3, 0.4) is 0 Å². The minimum Gasteiger partial charge on any atom is -0.348 e. The van der Waals surface area contributed by atoms with Gasteiger partial charge in [0.05, 0.1) is 5.02 Å². The number of benzene rings is 1. The Morgan fingerprint density at radius 2 is 2.10 bits per heavy atom. The normalized spacial score (nSPS) is 17.8. The first kappa shape index (κ1) is 15.8. The second-order valence-electron chi connectivity index (χ2n) is 5.34. The first-order valence-electron chi connectivity index (χ1n) is 7.08. The molecule has 5 heteroatoms. The highest BCUT2D eigenvalue weighted by Crippen LogP contribution is 2.27. The zero-order valence-corrected chi connectivity index (χ0v) is 13.7. The van der Waals surface area contributed by atoms with Gasteiger partial charge >= 0.3 is 0 Å². The Hall–Kier alpha value is -0.580. The highest BCUT2D eigenvalue weighted by molar-refractivity contribution is 9.10. The summed E-state index contributed by atoms with van der Waals surface area (Å²) < 4.78 is 0.790. The minimum atomic E-state index is -0.0968. The summed E-state index contributed by atoms with van der Waals surface area (Å²) in [5.74, 6) is 0.407. The number of amides is 1. The van der Waals surface area contributed by atoms with E-state index in [1.807, 2.05) is 0 Å². The molecule has 1 saturated carbocycles. The van der Waals surface area contributed by atoms with E-state index in [4.69, 9.17) is 17.3 Å². The van der Waals surface area contributed by atoms with Crippen LogP contribution in [-0.4, -0.2) is 18.5 Å². The van der Waals surface area contributed by atoms with Gasteiger partial charge in [-0.3, -0.25) is 4.79 Å². The lowest BCUT2D eigenvalue weighted by molar-refractivity contribution is 0.0915. The van der Waals surface area contributed by atoms with Gasteiger partial charge in [-0.25, -0.2) is 0 Å². The van der Waals surface area contributed by atoms with E-state index in [0.29, 0.717) is 23.0 Å². The van der Waals surface area contributed by atoms with Gasteiger partial charge in [-0.2, -0.15) is 0 Å². The Labute approximate surface area is 133 Å². The molecule has 2 rings (SSSR count). The van der Waals surface area contributed by atoms with Crippen molar-refractivity contribution in [1.82, 2.24) is 5.32 Å². The number of carbonyl (C=O) groups is 1. The lowest BCUT2D eigenvalue weighted by atomic mass is 9.84. The Morgan fingerprint density at radius 1 is 1.40 bits per heavy atom. The number of hydrogen-bond donors (Lipinski definition) is 2. The summed E-state index contributed by atoms with van der Waals surface area (Å²) in [5, 5.41) is 3.60. The first-order chi connectivity index (χ1) is 9.61. The maximum atomic E-state index is 12.3. The predicted molar refractivity (Wildman–Crippen MR) is 86.0 cm³/mol. The molecule has 1 aromatic rings. The van der Waals surface area contributed by atoms with Crippen LogP contribution in [0.15, 0.2) is 22.7 Å². The van der Waals surface area contributed by atoms with Crippen LogP contribution >= 0.6 is 27.5 Å².